The molecule has 0 spiro atoms. The molecule has 0 aliphatic heterocycles. The molecule has 1 unspecified atom stereocenters. The van der Waals surface area contributed by atoms with Crippen molar-refractivity contribution in [1.82, 2.24) is 21.3 Å². The molecular formula is C35H61N4O10P. The topological polar surface area (TPSA) is 231 Å². The Morgan fingerprint density at radius 2 is 1.30 bits per heavy atom. The second kappa shape index (κ2) is 24.0. The lowest BCUT2D eigenvalue weighted by Crippen LogP contribution is -2.57. The number of amides is 4. The molecule has 0 bridgehead atoms. The molecule has 15 heteroatoms. The van der Waals surface area contributed by atoms with E-state index in [1.54, 1.807) is 13.8 Å². The van der Waals surface area contributed by atoms with Crippen molar-refractivity contribution in [2.75, 3.05) is 12.9 Å². The normalized spacial score (nSPS) is 14.7. The molecule has 0 aromatic heterocycles. The van der Waals surface area contributed by atoms with Gasteiger partial charge in [0.05, 0.1) is 6.61 Å². The van der Waals surface area contributed by atoms with E-state index >= 15 is 0 Å². The van der Waals surface area contributed by atoms with Crippen LogP contribution in [0.3, 0.4) is 0 Å². The zero-order chi connectivity index (χ0) is 38.6. The predicted octanol–water partition coefficient (Wildman–Crippen LogP) is 3.68. The third kappa shape index (κ3) is 21.7. The molecule has 4 atom stereocenters. The van der Waals surface area contributed by atoms with E-state index in [-0.39, 0.29) is 31.6 Å². The van der Waals surface area contributed by atoms with Crippen molar-refractivity contribution in [3.05, 3.63) is 34.9 Å². The van der Waals surface area contributed by atoms with E-state index in [4.69, 9.17) is 0 Å². The highest BCUT2D eigenvalue weighted by Crippen LogP contribution is 2.32. The van der Waals surface area contributed by atoms with Gasteiger partial charge >= 0.3 is 13.6 Å². The van der Waals surface area contributed by atoms with Gasteiger partial charge in [-0.15, -0.1) is 0 Å². The maximum atomic E-state index is 13.3. The van der Waals surface area contributed by atoms with Crippen LogP contribution < -0.4 is 21.3 Å². The van der Waals surface area contributed by atoms with Crippen molar-refractivity contribution in [3.8, 4) is 0 Å². The summed E-state index contributed by atoms with van der Waals surface area (Å²) in [6.45, 7) is 14.3. The van der Waals surface area contributed by atoms with Gasteiger partial charge in [0.2, 0.25) is 23.6 Å². The van der Waals surface area contributed by atoms with Crippen molar-refractivity contribution in [1.29, 1.82) is 0 Å². The van der Waals surface area contributed by atoms with Crippen LogP contribution in [-0.4, -0.2) is 80.6 Å². The number of nitrogens with one attached hydrogen (secondary N) is 4. The fraction of sp³-hybridized carbons (Fsp3) is 0.686. The lowest BCUT2D eigenvalue weighted by atomic mass is 9.95. The van der Waals surface area contributed by atoms with Crippen molar-refractivity contribution < 1.29 is 48.5 Å². The van der Waals surface area contributed by atoms with Gasteiger partial charge in [-0.05, 0) is 84.5 Å². The first kappa shape index (κ1) is 46.7. The second-order valence-electron chi connectivity index (χ2n) is 13.9. The molecule has 50 heavy (non-hydrogen) atoms. The number of hydrogen-bond acceptors (Lipinski definition) is 7. The van der Waals surface area contributed by atoms with Crippen LogP contribution in [0, 0.1) is 17.8 Å². The Labute approximate surface area is 297 Å². The Hall–Kier alpha value is -3.32. The van der Waals surface area contributed by atoms with E-state index in [0.717, 1.165) is 31.3 Å². The monoisotopic (exact) mass is 728 g/mol. The summed E-state index contributed by atoms with van der Waals surface area (Å²) in [6.07, 6.45) is 9.25. The summed E-state index contributed by atoms with van der Waals surface area (Å²) >= 11 is 0. The van der Waals surface area contributed by atoms with E-state index < -0.39 is 80.0 Å². The Balaban J connectivity index is 5.62. The van der Waals surface area contributed by atoms with Crippen LogP contribution in [0.1, 0.15) is 107 Å². The first-order chi connectivity index (χ1) is 23.2. The third-order valence-electron chi connectivity index (χ3n) is 7.83. The molecule has 0 aromatic rings. The van der Waals surface area contributed by atoms with Crippen LogP contribution in [0.5, 0.6) is 0 Å². The highest BCUT2D eigenvalue weighted by atomic mass is 31.2. The van der Waals surface area contributed by atoms with E-state index in [9.17, 15) is 48.5 Å². The predicted molar refractivity (Wildman–Crippen MR) is 193 cm³/mol. The molecule has 0 aliphatic carbocycles. The lowest BCUT2D eigenvalue weighted by molar-refractivity contribution is -0.143. The van der Waals surface area contributed by atoms with Crippen molar-refractivity contribution >= 4 is 37.2 Å². The molecule has 0 saturated heterocycles. The molecule has 0 rings (SSSR count). The van der Waals surface area contributed by atoms with Crippen molar-refractivity contribution in [2.45, 2.75) is 125 Å². The molecule has 0 aliphatic rings. The average molecular weight is 729 g/mol. The van der Waals surface area contributed by atoms with Crippen LogP contribution >= 0.6 is 7.60 Å². The molecule has 0 radical (unpaired) electrons. The minimum atomic E-state index is -4.51. The smallest absolute Gasteiger partial charge is 0.344 e. The summed E-state index contributed by atoms with van der Waals surface area (Å²) in [4.78, 5) is 81.9. The highest BCUT2D eigenvalue weighted by Gasteiger charge is 2.31. The van der Waals surface area contributed by atoms with E-state index in [1.807, 2.05) is 26.8 Å². The van der Waals surface area contributed by atoms with Crippen LogP contribution in [-0.2, 0) is 28.5 Å². The van der Waals surface area contributed by atoms with E-state index in [2.05, 4.69) is 54.2 Å². The number of carbonyl (C=O) groups is 5. The molecule has 0 fully saturated rings. The van der Waals surface area contributed by atoms with Gasteiger partial charge in [-0.1, -0.05) is 62.6 Å². The van der Waals surface area contributed by atoms with Crippen LogP contribution in [0.4, 0.5) is 0 Å². The summed E-state index contributed by atoms with van der Waals surface area (Å²) in [5.41, 5.74) is 3.60. The molecule has 0 saturated carbocycles. The molecule has 286 valence electrons. The standard InChI is InChI=1S/C35H61N4O10P/c1-22(2)11-9-12-25(7)13-10-14-26(8)15-16-27(32(42)36-21-50(47,48)49)17-18-30(41)39-31(24(5)6)34(44)37-28(19-23(3)4)33(43)38-29(20-40)35(45)46/h11,13,15,23-24,27-29,31,40H,9-10,12,14,16-21H2,1-8H3,(H,36,42)(H,37,44)(H,38,43)(H,39,41)(H,45,46)(H2,47,48,49)/b25-13+,26-15+/t27?,28-,29-,31-/m0/s1. The first-order valence-electron chi connectivity index (χ1n) is 17.2. The summed E-state index contributed by atoms with van der Waals surface area (Å²) in [6, 6.07) is -3.75. The summed E-state index contributed by atoms with van der Waals surface area (Å²) < 4.78 is 11.4. The molecular weight excluding hydrogens is 667 g/mol. The second-order valence-corrected chi connectivity index (χ2v) is 15.5. The zero-order valence-electron chi connectivity index (χ0n) is 31.0. The average Bonchev–Trinajstić information content (AvgIpc) is 2.99. The number of allylic oxidation sites excluding steroid dienone is 6. The fourth-order valence-corrected chi connectivity index (χ4v) is 5.23. The number of carboxylic acid groups (broad SMARTS) is 1. The summed E-state index contributed by atoms with van der Waals surface area (Å²) in [5, 5.41) is 28.2. The summed E-state index contributed by atoms with van der Waals surface area (Å²) in [5.74, 6) is -5.30. The maximum absolute atomic E-state index is 13.3. The first-order valence-corrected chi connectivity index (χ1v) is 19.0. The number of aliphatic carboxylic acids is 1. The molecule has 8 N–H and O–H groups in total. The van der Waals surface area contributed by atoms with Gasteiger partial charge in [0.1, 0.15) is 24.4 Å². The zero-order valence-corrected chi connectivity index (χ0v) is 31.8. The van der Waals surface area contributed by atoms with E-state index in [1.165, 1.54) is 11.1 Å². The van der Waals surface area contributed by atoms with Gasteiger partial charge in [-0.3, -0.25) is 23.7 Å². The maximum Gasteiger partial charge on any atom is 0.344 e. The third-order valence-corrected chi connectivity index (χ3v) is 8.40. The Morgan fingerprint density at radius 3 is 1.80 bits per heavy atom. The minimum Gasteiger partial charge on any atom is -0.480 e. The number of rotatable bonds is 24. The van der Waals surface area contributed by atoms with Gasteiger partial charge < -0.3 is 41.3 Å². The fourth-order valence-electron chi connectivity index (χ4n) is 4.87. The van der Waals surface area contributed by atoms with Gasteiger partial charge in [0.25, 0.3) is 0 Å². The van der Waals surface area contributed by atoms with Gasteiger partial charge in [-0.25, -0.2) is 4.79 Å². The molecule has 4 amide bonds. The Morgan fingerprint density at radius 1 is 0.740 bits per heavy atom. The number of aliphatic hydroxyl groups excluding tert-OH is 1. The SMILES string of the molecule is CC(C)=CCC/C(C)=C/CC/C(C)=C/CC(CCC(=O)N[C@H](C(=O)N[C@@H](CC(C)C)C(=O)N[C@@H](CO)C(=O)O)C(C)C)C(=O)NCP(=O)(O)O. The van der Waals surface area contributed by atoms with Gasteiger partial charge in [0.15, 0.2) is 0 Å². The highest BCUT2D eigenvalue weighted by molar-refractivity contribution is 7.51. The largest absolute Gasteiger partial charge is 0.480 e. The summed E-state index contributed by atoms with van der Waals surface area (Å²) in [7, 11) is -4.51. The lowest BCUT2D eigenvalue weighted by Gasteiger charge is -2.27. The van der Waals surface area contributed by atoms with Crippen molar-refractivity contribution in [3.63, 3.8) is 0 Å². The number of carbonyl (C=O) groups excluding carboxylic acids is 4. The van der Waals surface area contributed by atoms with Crippen LogP contribution in [0.15, 0.2) is 34.9 Å². The number of aliphatic hydroxyl groups is 1. The molecule has 0 aromatic carbocycles. The van der Waals surface area contributed by atoms with Crippen LogP contribution in [0.2, 0.25) is 0 Å². The van der Waals surface area contributed by atoms with E-state index in [0.29, 0.717) is 0 Å². The van der Waals surface area contributed by atoms with Crippen LogP contribution in [0.25, 0.3) is 0 Å². The molecule has 0 heterocycles. The number of hydrogen-bond donors (Lipinski definition) is 8. The Kier molecular flexibility index (Phi) is 22.4. The van der Waals surface area contributed by atoms with Gasteiger partial charge in [-0.2, -0.15) is 0 Å². The van der Waals surface area contributed by atoms with Gasteiger partial charge in [0, 0.05) is 12.3 Å². The quantitative estimate of drug-likeness (QED) is 0.0531. The minimum absolute atomic E-state index is 0.0362. The molecule has 14 nitrogen and oxygen atoms in total. The van der Waals surface area contributed by atoms with Crippen molar-refractivity contribution in [2.24, 2.45) is 17.8 Å². The Bertz CT molecular complexity index is 1270. The number of carboxylic acids is 1.